The second-order valence-corrected chi connectivity index (χ2v) is 4.94. The molecular formula is C11H22N4. The van der Waals surface area contributed by atoms with Gasteiger partial charge >= 0.3 is 0 Å². The summed E-state index contributed by atoms with van der Waals surface area (Å²) >= 11 is 0. The highest BCUT2D eigenvalue weighted by Gasteiger charge is 2.18. The minimum Gasteiger partial charge on any atom is -0.320 e. The number of rotatable bonds is 5. The lowest BCUT2D eigenvalue weighted by Gasteiger charge is -2.13. The number of hydrogen-bond donors (Lipinski definition) is 1. The van der Waals surface area contributed by atoms with Crippen molar-refractivity contribution >= 4 is 0 Å². The molecule has 2 N–H and O–H groups in total. The molecule has 0 spiro atoms. The van der Waals surface area contributed by atoms with Gasteiger partial charge in [-0.1, -0.05) is 25.5 Å². The summed E-state index contributed by atoms with van der Waals surface area (Å²) in [4.78, 5) is 0. The van der Waals surface area contributed by atoms with Gasteiger partial charge in [0.1, 0.15) is 5.69 Å². The molecule has 0 aliphatic rings. The van der Waals surface area contributed by atoms with Crippen LogP contribution in [-0.4, -0.2) is 15.0 Å². The molecule has 0 aliphatic heterocycles. The SMILES string of the molecule is CCCC(C)Cn1cc(C(C)(C)N)nn1. The first-order valence-corrected chi connectivity index (χ1v) is 5.63. The topological polar surface area (TPSA) is 56.7 Å². The Kier molecular flexibility index (Phi) is 3.85. The number of hydrogen-bond acceptors (Lipinski definition) is 3. The minimum absolute atomic E-state index is 0.397. The van der Waals surface area contributed by atoms with E-state index in [0.717, 1.165) is 12.2 Å². The van der Waals surface area contributed by atoms with E-state index < -0.39 is 5.54 Å². The number of nitrogens with two attached hydrogens (primary N) is 1. The van der Waals surface area contributed by atoms with Gasteiger partial charge in [0.15, 0.2) is 0 Å². The molecule has 0 amide bonds. The van der Waals surface area contributed by atoms with E-state index in [1.54, 1.807) is 0 Å². The third-order valence-corrected chi connectivity index (χ3v) is 2.48. The highest BCUT2D eigenvalue weighted by atomic mass is 15.4. The van der Waals surface area contributed by atoms with E-state index in [0.29, 0.717) is 5.92 Å². The maximum atomic E-state index is 5.94. The molecule has 86 valence electrons. The van der Waals surface area contributed by atoms with Gasteiger partial charge in [0, 0.05) is 6.54 Å². The number of aromatic nitrogens is 3. The van der Waals surface area contributed by atoms with Gasteiger partial charge in [0.25, 0.3) is 0 Å². The van der Waals surface area contributed by atoms with E-state index in [1.165, 1.54) is 12.8 Å². The summed E-state index contributed by atoms with van der Waals surface area (Å²) in [5, 5.41) is 8.18. The molecule has 15 heavy (non-hydrogen) atoms. The normalized spacial score (nSPS) is 14.2. The van der Waals surface area contributed by atoms with Crippen LogP contribution in [0.1, 0.15) is 46.2 Å². The van der Waals surface area contributed by atoms with E-state index in [2.05, 4.69) is 24.2 Å². The highest BCUT2D eigenvalue weighted by molar-refractivity contribution is 5.05. The zero-order chi connectivity index (χ0) is 11.5. The van der Waals surface area contributed by atoms with E-state index in [-0.39, 0.29) is 0 Å². The molecule has 0 bridgehead atoms. The van der Waals surface area contributed by atoms with Crippen molar-refractivity contribution in [2.75, 3.05) is 0 Å². The van der Waals surface area contributed by atoms with Crippen LogP contribution in [0.15, 0.2) is 6.20 Å². The smallest absolute Gasteiger partial charge is 0.102 e. The predicted octanol–water partition coefficient (Wildman–Crippen LogP) is 1.91. The van der Waals surface area contributed by atoms with Gasteiger partial charge in [-0.05, 0) is 26.2 Å². The summed E-state index contributed by atoms with van der Waals surface area (Å²) in [6, 6.07) is 0. The molecule has 1 rings (SSSR count). The van der Waals surface area contributed by atoms with Crippen LogP contribution in [-0.2, 0) is 12.1 Å². The molecular weight excluding hydrogens is 188 g/mol. The van der Waals surface area contributed by atoms with Crippen molar-refractivity contribution in [3.05, 3.63) is 11.9 Å². The average molecular weight is 210 g/mol. The van der Waals surface area contributed by atoms with E-state index in [9.17, 15) is 0 Å². The summed E-state index contributed by atoms with van der Waals surface area (Å²) in [5.74, 6) is 0.644. The van der Waals surface area contributed by atoms with Gasteiger partial charge in [-0.15, -0.1) is 5.10 Å². The van der Waals surface area contributed by atoms with Crippen molar-refractivity contribution in [2.45, 2.75) is 52.6 Å². The largest absolute Gasteiger partial charge is 0.320 e. The molecule has 1 heterocycles. The lowest BCUT2D eigenvalue weighted by Crippen LogP contribution is -2.29. The molecule has 1 unspecified atom stereocenters. The van der Waals surface area contributed by atoms with Crippen LogP contribution in [0.5, 0.6) is 0 Å². The second-order valence-electron chi connectivity index (χ2n) is 4.94. The lowest BCUT2D eigenvalue weighted by molar-refractivity contribution is 0.414. The first-order valence-electron chi connectivity index (χ1n) is 5.63. The van der Waals surface area contributed by atoms with Gasteiger partial charge in [0.2, 0.25) is 0 Å². The molecule has 0 saturated carbocycles. The Morgan fingerprint density at radius 1 is 1.53 bits per heavy atom. The Hall–Kier alpha value is -0.900. The molecule has 0 aromatic carbocycles. The van der Waals surface area contributed by atoms with Gasteiger partial charge in [-0.2, -0.15) is 0 Å². The van der Waals surface area contributed by atoms with E-state index in [1.807, 2.05) is 24.7 Å². The lowest BCUT2D eigenvalue weighted by atomic mass is 10.0. The van der Waals surface area contributed by atoms with E-state index >= 15 is 0 Å². The summed E-state index contributed by atoms with van der Waals surface area (Å²) in [6.45, 7) is 9.25. The molecule has 1 aromatic rings. The summed E-state index contributed by atoms with van der Waals surface area (Å²) in [6.07, 6.45) is 4.39. The van der Waals surface area contributed by atoms with Crippen LogP contribution in [0.3, 0.4) is 0 Å². The third-order valence-electron chi connectivity index (χ3n) is 2.48. The zero-order valence-corrected chi connectivity index (χ0v) is 10.2. The Morgan fingerprint density at radius 2 is 2.20 bits per heavy atom. The molecule has 4 nitrogen and oxygen atoms in total. The Morgan fingerprint density at radius 3 is 2.67 bits per heavy atom. The fourth-order valence-corrected chi connectivity index (χ4v) is 1.59. The molecule has 1 aromatic heterocycles. The Bertz CT molecular complexity index is 298. The standard InChI is InChI=1S/C11H22N4/c1-5-6-9(2)7-15-8-10(13-14-15)11(3,4)12/h8-9H,5-7,12H2,1-4H3. The Balaban J connectivity index is 2.61. The van der Waals surface area contributed by atoms with E-state index in [4.69, 9.17) is 5.73 Å². The van der Waals surface area contributed by atoms with Crippen LogP contribution in [0, 0.1) is 5.92 Å². The third kappa shape index (κ3) is 3.63. The summed E-state index contributed by atoms with van der Waals surface area (Å²) in [5.41, 5.74) is 6.40. The quantitative estimate of drug-likeness (QED) is 0.807. The van der Waals surface area contributed by atoms with Crippen molar-refractivity contribution in [2.24, 2.45) is 11.7 Å². The maximum absolute atomic E-state index is 5.94. The average Bonchev–Trinajstić information content (AvgIpc) is 2.52. The van der Waals surface area contributed by atoms with Crippen LogP contribution >= 0.6 is 0 Å². The fourth-order valence-electron chi connectivity index (χ4n) is 1.59. The maximum Gasteiger partial charge on any atom is 0.102 e. The molecule has 0 saturated heterocycles. The van der Waals surface area contributed by atoms with Crippen LogP contribution < -0.4 is 5.73 Å². The molecule has 0 radical (unpaired) electrons. The Labute approximate surface area is 91.9 Å². The summed E-state index contributed by atoms with van der Waals surface area (Å²) < 4.78 is 1.89. The first-order chi connectivity index (χ1) is 6.93. The fraction of sp³-hybridized carbons (Fsp3) is 0.818. The minimum atomic E-state index is -0.397. The summed E-state index contributed by atoms with van der Waals surface area (Å²) in [7, 11) is 0. The molecule has 0 aliphatic carbocycles. The van der Waals surface area contributed by atoms with Crippen molar-refractivity contribution in [3.8, 4) is 0 Å². The van der Waals surface area contributed by atoms with Gasteiger partial charge in [-0.3, -0.25) is 4.68 Å². The monoisotopic (exact) mass is 210 g/mol. The first kappa shape index (κ1) is 12.2. The van der Waals surface area contributed by atoms with Crippen molar-refractivity contribution in [3.63, 3.8) is 0 Å². The number of nitrogens with zero attached hydrogens (tertiary/aromatic N) is 3. The predicted molar refractivity (Wildman–Crippen MR) is 61.3 cm³/mol. The van der Waals surface area contributed by atoms with Gasteiger partial charge in [-0.25, -0.2) is 0 Å². The molecule has 4 heteroatoms. The van der Waals surface area contributed by atoms with Crippen LogP contribution in [0.4, 0.5) is 0 Å². The highest BCUT2D eigenvalue weighted by Crippen LogP contribution is 2.14. The molecule has 1 atom stereocenters. The van der Waals surface area contributed by atoms with Gasteiger partial charge < -0.3 is 5.73 Å². The second kappa shape index (κ2) is 4.75. The van der Waals surface area contributed by atoms with Crippen molar-refractivity contribution < 1.29 is 0 Å². The van der Waals surface area contributed by atoms with Gasteiger partial charge in [0.05, 0.1) is 11.7 Å². The molecule has 0 fully saturated rings. The van der Waals surface area contributed by atoms with Crippen LogP contribution in [0.25, 0.3) is 0 Å². The van der Waals surface area contributed by atoms with Crippen LogP contribution in [0.2, 0.25) is 0 Å². The van der Waals surface area contributed by atoms with Crippen molar-refractivity contribution in [1.29, 1.82) is 0 Å². The van der Waals surface area contributed by atoms with Crippen molar-refractivity contribution in [1.82, 2.24) is 15.0 Å². The zero-order valence-electron chi connectivity index (χ0n) is 10.2.